The number of aromatic nitrogens is 2. The van der Waals surface area contributed by atoms with E-state index in [1.807, 2.05) is 6.26 Å². The van der Waals surface area contributed by atoms with Crippen molar-refractivity contribution in [3.8, 4) is 0 Å². The van der Waals surface area contributed by atoms with Gasteiger partial charge >= 0.3 is 6.18 Å². The molecule has 0 spiro atoms. The van der Waals surface area contributed by atoms with Gasteiger partial charge in [0.05, 0.1) is 10.8 Å². The van der Waals surface area contributed by atoms with Crippen LogP contribution in [0.25, 0.3) is 0 Å². The molecule has 0 aliphatic heterocycles. The summed E-state index contributed by atoms with van der Waals surface area (Å²) in [6.45, 7) is 1.66. The first-order chi connectivity index (χ1) is 10.8. The number of hydrogen-bond acceptors (Lipinski definition) is 6. The van der Waals surface area contributed by atoms with Crippen LogP contribution in [0, 0.1) is 0 Å². The minimum Gasteiger partial charge on any atom is -0.325 e. The lowest BCUT2D eigenvalue weighted by atomic mass is 10.2. The maximum absolute atomic E-state index is 12.7. The molecule has 0 saturated carbocycles. The first-order valence-corrected chi connectivity index (χ1v) is 9.24. The fourth-order valence-corrected chi connectivity index (χ4v) is 4.13. The van der Waals surface area contributed by atoms with E-state index in [2.05, 4.69) is 15.5 Å². The van der Waals surface area contributed by atoms with Gasteiger partial charge in [0, 0.05) is 5.69 Å². The quantitative estimate of drug-likeness (QED) is 0.781. The molecule has 0 fully saturated rings. The van der Waals surface area contributed by atoms with Crippen LogP contribution in [-0.4, -0.2) is 27.6 Å². The lowest BCUT2D eigenvalue weighted by molar-refractivity contribution is -0.137. The number of thioether (sulfide) groups is 2. The molecular formula is C13H12F3N3OS3. The largest absolute Gasteiger partial charge is 0.416 e. The average molecular weight is 379 g/mol. The Labute approximate surface area is 143 Å². The Bertz CT molecular complexity index is 690. The van der Waals surface area contributed by atoms with Crippen LogP contribution in [0.5, 0.6) is 0 Å². The van der Waals surface area contributed by atoms with Gasteiger partial charge in [-0.05, 0) is 31.4 Å². The molecule has 1 N–H and O–H groups in total. The van der Waals surface area contributed by atoms with Crippen LogP contribution in [0.3, 0.4) is 0 Å². The van der Waals surface area contributed by atoms with Gasteiger partial charge in [0.1, 0.15) is 0 Å². The van der Waals surface area contributed by atoms with Crippen molar-refractivity contribution >= 4 is 46.5 Å². The predicted octanol–water partition coefficient (Wildman–Crippen LogP) is 4.40. The Morgan fingerprint density at radius 3 is 2.61 bits per heavy atom. The van der Waals surface area contributed by atoms with E-state index in [0.29, 0.717) is 4.34 Å². The summed E-state index contributed by atoms with van der Waals surface area (Å²) in [7, 11) is 0. The van der Waals surface area contributed by atoms with Gasteiger partial charge in [0.15, 0.2) is 8.68 Å². The summed E-state index contributed by atoms with van der Waals surface area (Å²) in [5.74, 6) is -0.393. The van der Waals surface area contributed by atoms with Crippen LogP contribution in [0.2, 0.25) is 0 Å². The van der Waals surface area contributed by atoms with Gasteiger partial charge in [-0.2, -0.15) is 13.2 Å². The number of rotatable bonds is 5. The molecule has 23 heavy (non-hydrogen) atoms. The molecule has 124 valence electrons. The molecule has 1 aromatic heterocycles. The molecule has 0 aliphatic rings. The Morgan fingerprint density at radius 1 is 1.30 bits per heavy atom. The van der Waals surface area contributed by atoms with Gasteiger partial charge in [0.2, 0.25) is 5.91 Å². The van der Waals surface area contributed by atoms with E-state index in [-0.39, 0.29) is 5.69 Å². The molecule has 1 amide bonds. The number of carbonyl (C=O) groups is 1. The highest BCUT2D eigenvalue weighted by molar-refractivity contribution is 8.03. The lowest BCUT2D eigenvalue weighted by Gasteiger charge is -2.12. The lowest BCUT2D eigenvalue weighted by Crippen LogP contribution is -2.22. The van der Waals surface area contributed by atoms with Crippen LogP contribution >= 0.6 is 34.9 Å². The molecule has 2 aromatic rings. The van der Waals surface area contributed by atoms with Gasteiger partial charge in [-0.3, -0.25) is 4.79 Å². The maximum Gasteiger partial charge on any atom is 0.416 e. The van der Waals surface area contributed by atoms with Crippen molar-refractivity contribution in [1.82, 2.24) is 10.2 Å². The number of anilines is 1. The van der Waals surface area contributed by atoms with Crippen LogP contribution < -0.4 is 5.32 Å². The van der Waals surface area contributed by atoms with E-state index in [0.717, 1.165) is 16.5 Å². The maximum atomic E-state index is 12.7. The first kappa shape index (κ1) is 18.1. The molecule has 0 radical (unpaired) electrons. The van der Waals surface area contributed by atoms with E-state index in [1.165, 1.54) is 47.0 Å². The van der Waals surface area contributed by atoms with Crippen LogP contribution in [0.15, 0.2) is 32.9 Å². The molecular weight excluding hydrogens is 367 g/mol. The topological polar surface area (TPSA) is 54.9 Å². The number of nitrogens with one attached hydrogen (secondary N) is 1. The summed E-state index contributed by atoms with van der Waals surface area (Å²) < 4.78 is 39.4. The van der Waals surface area contributed by atoms with Crippen molar-refractivity contribution in [3.63, 3.8) is 0 Å². The molecule has 2 rings (SSSR count). The van der Waals surface area contributed by atoms with E-state index in [9.17, 15) is 18.0 Å². The zero-order valence-corrected chi connectivity index (χ0v) is 14.5. The second kappa shape index (κ2) is 7.54. The SMILES string of the molecule is CSc1nnc(SC(C)C(=O)Nc2cccc(C(F)(F)F)c2)s1. The molecule has 1 atom stereocenters. The molecule has 4 nitrogen and oxygen atoms in total. The van der Waals surface area contributed by atoms with E-state index in [1.54, 1.807) is 6.92 Å². The predicted molar refractivity (Wildman–Crippen MR) is 87.1 cm³/mol. The monoisotopic (exact) mass is 379 g/mol. The zero-order valence-electron chi connectivity index (χ0n) is 12.0. The molecule has 10 heteroatoms. The molecule has 0 bridgehead atoms. The Balaban J connectivity index is 2.00. The van der Waals surface area contributed by atoms with Crippen LogP contribution in [0.4, 0.5) is 18.9 Å². The van der Waals surface area contributed by atoms with Gasteiger partial charge < -0.3 is 5.32 Å². The number of hydrogen-bond donors (Lipinski definition) is 1. The van der Waals surface area contributed by atoms with Crippen LogP contribution in [-0.2, 0) is 11.0 Å². The van der Waals surface area contributed by atoms with Crippen molar-refractivity contribution in [1.29, 1.82) is 0 Å². The van der Waals surface area contributed by atoms with Crippen molar-refractivity contribution in [2.75, 3.05) is 11.6 Å². The number of benzene rings is 1. The smallest absolute Gasteiger partial charge is 0.325 e. The van der Waals surface area contributed by atoms with Crippen molar-refractivity contribution < 1.29 is 18.0 Å². The van der Waals surface area contributed by atoms with Gasteiger partial charge in [-0.15, -0.1) is 10.2 Å². The number of nitrogens with zero attached hydrogens (tertiary/aromatic N) is 2. The summed E-state index contributed by atoms with van der Waals surface area (Å²) >= 11 is 4.04. The van der Waals surface area contributed by atoms with Crippen molar-refractivity contribution in [2.24, 2.45) is 0 Å². The zero-order chi connectivity index (χ0) is 17.0. The third-order valence-electron chi connectivity index (χ3n) is 2.67. The fourth-order valence-electron chi connectivity index (χ4n) is 1.55. The highest BCUT2D eigenvalue weighted by Crippen LogP contribution is 2.32. The highest BCUT2D eigenvalue weighted by atomic mass is 32.2. The molecule has 1 unspecified atom stereocenters. The summed E-state index contributed by atoms with van der Waals surface area (Å²) in [5.41, 5.74) is -0.691. The third-order valence-corrected chi connectivity index (χ3v) is 5.75. The Kier molecular flexibility index (Phi) is 5.93. The van der Waals surface area contributed by atoms with Crippen LogP contribution in [0.1, 0.15) is 12.5 Å². The van der Waals surface area contributed by atoms with Gasteiger partial charge in [0.25, 0.3) is 0 Å². The standard InChI is InChI=1S/C13H12F3N3OS3/c1-7(22-12-19-18-11(21-2)23-12)10(20)17-9-5-3-4-8(6-9)13(14,15)16/h3-7H,1-2H3,(H,17,20). The molecule has 1 heterocycles. The number of alkyl halides is 3. The number of amides is 1. The minimum absolute atomic E-state index is 0.111. The van der Waals surface area contributed by atoms with Crippen molar-refractivity contribution in [2.45, 2.75) is 27.0 Å². The Hall–Kier alpha value is -1.26. The summed E-state index contributed by atoms with van der Waals surface area (Å²) in [6.07, 6.45) is -2.57. The van der Waals surface area contributed by atoms with Crippen molar-refractivity contribution in [3.05, 3.63) is 29.8 Å². The highest BCUT2D eigenvalue weighted by Gasteiger charge is 2.30. The average Bonchev–Trinajstić information content (AvgIpc) is 2.94. The Morgan fingerprint density at radius 2 is 2.00 bits per heavy atom. The normalized spacial score (nSPS) is 12.9. The second-order valence-electron chi connectivity index (χ2n) is 4.37. The summed E-state index contributed by atoms with van der Waals surface area (Å²) in [4.78, 5) is 12.1. The summed E-state index contributed by atoms with van der Waals surface area (Å²) in [6, 6.07) is 4.54. The number of halogens is 3. The third kappa shape index (κ3) is 5.11. The van der Waals surface area contributed by atoms with E-state index >= 15 is 0 Å². The molecule has 0 saturated heterocycles. The van der Waals surface area contributed by atoms with Gasteiger partial charge in [-0.25, -0.2) is 0 Å². The summed E-state index contributed by atoms with van der Waals surface area (Å²) in [5, 5.41) is 9.85. The second-order valence-corrected chi connectivity index (χ2v) is 7.98. The molecule has 0 aliphatic carbocycles. The first-order valence-electron chi connectivity index (χ1n) is 6.32. The minimum atomic E-state index is -4.44. The van der Waals surface area contributed by atoms with Gasteiger partial charge in [-0.1, -0.05) is 40.9 Å². The molecule has 1 aromatic carbocycles. The van der Waals surface area contributed by atoms with E-state index < -0.39 is 22.9 Å². The fraction of sp³-hybridized carbons (Fsp3) is 0.308. The van der Waals surface area contributed by atoms with E-state index in [4.69, 9.17) is 0 Å². The number of carbonyl (C=O) groups excluding carboxylic acids is 1.